The molecule has 0 saturated heterocycles. The lowest BCUT2D eigenvalue weighted by Crippen LogP contribution is -2.34. The summed E-state index contributed by atoms with van der Waals surface area (Å²) < 4.78 is 0. The molecule has 2 heterocycles. The van der Waals surface area contributed by atoms with E-state index in [0.29, 0.717) is 13.1 Å². The van der Waals surface area contributed by atoms with E-state index in [1.54, 1.807) is 12.5 Å². The SMILES string of the molecule is O=C(O)N1CCC=C(c2c[nH]cn2)C1. The Kier molecular flexibility index (Phi) is 2.22. The summed E-state index contributed by atoms with van der Waals surface area (Å²) in [5.41, 5.74) is 1.80. The minimum Gasteiger partial charge on any atom is -0.465 e. The van der Waals surface area contributed by atoms with Crippen molar-refractivity contribution in [2.24, 2.45) is 0 Å². The number of nitrogens with zero attached hydrogens (tertiary/aromatic N) is 2. The van der Waals surface area contributed by atoms with Crippen molar-refractivity contribution < 1.29 is 9.90 Å². The maximum Gasteiger partial charge on any atom is 0.407 e. The van der Waals surface area contributed by atoms with Gasteiger partial charge in [0.15, 0.2) is 0 Å². The van der Waals surface area contributed by atoms with Gasteiger partial charge in [-0.15, -0.1) is 0 Å². The van der Waals surface area contributed by atoms with E-state index < -0.39 is 6.09 Å². The lowest BCUT2D eigenvalue weighted by Gasteiger charge is -2.23. The van der Waals surface area contributed by atoms with Gasteiger partial charge in [-0.05, 0) is 12.0 Å². The van der Waals surface area contributed by atoms with Crippen molar-refractivity contribution in [3.63, 3.8) is 0 Å². The van der Waals surface area contributed by atoms with Gasteiger partial charge in [-0.3, -0.25) is 0 Å². The fraction of sp³-hybridized carbons (Fsp3) is 0.333. The first-order chi connectivity index (χ1) is 6.77. The number of amides is 1. The van der Waals surface area contributed by atoms with Gasteiger partial charge in [0.1, 0.15) is 0 Å². The Bertz CT molecular complexity index is 356. The number of hydrogen-bond donors (Lipinski definition) is 2. The molecule has 0 saturated carbocycles. The van der Waals surface area contributed by atoms with Gasteiger partial charge >= 0.3 is 6.09 Å². The average molecular weight is 193 g/mol. The van der Waals surface area contributed by atoms with Crippen molar-refractivity contribution in [3.8, 4) is 0 Å². The maximum atomic E-state index is 10.7. The molecule has 5 nitrogen and oxygen atoms in total. The molecule has 2 N–H and O–H groups in total. The molecular weight excluding hydrogens is 182 g/mol. The standard InChI is InChI=1S/C9H11N3O2/c13-9(14)12-3-1-2-7(5-12)8-4-10-6-11-8/h2,4,6H,1,3,5H2,(H,10,11)(H,13,14). The van der Waals surface area contributed by atoms with Crippen LogP contribution in [-0.2, 0) is 0 Å². The van der Waals surface area contributed by atoms with Crippen molar-refractivity contribution in [2.75, 3.05) is 13.1 Å². The molecule has 0 atom stereocenters. The third-order valence-electron chi connectivity index (χ3n) is 2.25. The van der Waals surface area contributed by atoms with Crippen LogP contribution in [0.1, 0.15) is 12.1 Å². The molecule has 0 bridgehead atoms. The molecular formula is C9H11N3O2. The summed E-state index contributed by atoms with van der Waals surface area (Å²) in [5.74, 6) is 0. The Labute approximate surface area is 81.1 Å². The molecule has 0 unspecified atom stereocenters. The normalized spacial score (nSPS) is 16.6. The first-order valence-electron chi connectivity index (χ1n) is 4.43. The number of aromatic amines is 1. The number of H-pyrrole nitrogens is 1. The van der Waals surface area contributed by atoms with Gasteiger partial charge < -0.3 is 15.0 Å². The number of rotatable bonds is 1. The largest absolute Gasteiger partial charge is 0.465 e. The van der Waals surface area contributed by atoms with Gasteiger partial charge in [-0.1, -0.05) is 6.08 Å². The zero-order valence-corrected chi connectivity index (χ0v) is 7.60. The number of imidazole rings is 1. The topological polar surface area (TPSA) is 69.2 Å². The summed E-state index contributed by atoms with van der Waals surface area (Å²) in [5, 5.41) is 8.82. The number of carbonyl (C=O) groups is 1. The van der Waals surface area contributed by atoms with Crippen LogP contribution >= 0.6 is 0 Å². The lowest BCUT2D eigenvalue weighted by atomic mass is 10.1. The Morgan fingerprint density at radius 2 is 2.50 bits per heavy atom. The minimum absolute atomic E-state index is 0.431. The molecule has 1 aliphatic rings. The van der Waals surface area contributed by atoms with Gasteiger partial charge in [0.2, 0.25) is 0 Å². The van der Waals surface area contributed by atoms with E-state index >= 15 is 0 Å². The van der Waals surface area contributed by atoms with E-state index in [0.717, 1.165) is 17.7 Å². The molecule has 1 aromatic heterocycles. The van der Waals surface area contributed by atoms with E-state index in [1.807, 2.05) is 6.08 Å². The van der Waals surface area contributed by atoms with E-state index in [9.17, 15) is 4.79 Å². The van der Waals surface area contributed by atoms with Gasteiger partial charge in [-0.25, -0.2) is 9.78 Å². The Balaban J connectivity index is 2.15. The molecule has 0 spiro atoms. The van der Waals surface area contributed by atoms with Crippen LogP contribution < -0.4 is 0 Å². The van der Waals surface area contributed by atoms with Gasteiger partial charge in [-0.2, -0.15) is 0 Å². The second-order valence-corrected chi connectivity index (χ2v) is 3.18. The van der Waals surface area contributed by atoms with E-state index in [-0.39, 0.29) is 0 Å². The summed E-state index contributed by atoms with van der Waals surface area (Å²) >= 11 is 0. The number of nitrogens with one attached hydrogen (secondary N) is 1. The van der Waals surface area contributed by atoms with Gasteiger partial charge in [0.05, 0.1) is 18.6 Å². The smallest absolute Gasteiger partial charge is 0.407 e. The fourth-order valence-electron chi connectivity index (χ4n) is 1.53. The maximum absolute atomic E-state index is 10.7. The summed E-state index contributed by atoms with van der Waals surface area (Å²) in [6.07, 6.45) is 5.29. The van der Waals surface area contributed by atoms with Crippen molar-refractivity contribution in [1.82, 2.24) is 14.9 Å². The highest BCUT2D eigenvalue weighted by Gasteiger charge is 2.18. The molecule has 2 rings (SSSR count). The highest BCUT2D eigenvalue weighted by Crippen LogP contribution is 2.18. The van der Waals surface area contributed by atoms with Crippen LogP contribution in [-0.4, -0.2) is 39.2 Å². The Morgan fingerprint density at radius 1 is 1.64 bits per heavy atom. The number of hydrogen-bond acceptors (Lipinski definition) is 2. The molecule has 0 aliphatic carbocycles. The monoisotopic (exact) mass is 193 g/mol. The van der Waals surface area contributed by atoms with Crippen LogP contribution in [0, 0.1) is 0 Å². The molecule has 1 aliphatic heterocycles. The number of carboxylic acid groups (broad SMARTS) is 1. The summed E-state index contributed by atoms with van der Waals surface area (Å²) in [7, 11) is 0. The highest BCUT2D eigenvalue weighted by atomic mass is 16.4. The summed E-state index contributed by atoms with van der Waals surface area (Å²) in [6, 6.07) is 0. The first kappa shape index (κ1) is 8.80. The quantitative estimate of drug-likeness (QED) is 0.703. The average Bonchev–Trinajstić information content (AvgIpc) is 2.71. The van der Waals surface area contributed by atoms with Crippen LogP contribution in [0.3, 0.4) is 0 Å². The molecule has 0 aromatic carbocycles. The molecule has 0 radical (unpaired) electrons. The van der Waals surface area contributed by atoms with Crippen molar-refractivity contribution in [3.05, 3.63) is 24.3 Å². The van der Waals surface area contributed by atoms with E-state index in [4.69, 9.17) is 5.11 Å². The first-order valence-corrected chi connectivity index (χ1v) is 4.43. The lowest BCUT2D eigenvalue weighted by molar-refractivity contribution is 0.150. The third kappa shape index (κ3) is 1.61. The molecule has 74 valence electrons. The fourth-order valence-corrected chi connectivity index (χ4v) is 1.53. The van der Waals surface area contributed by atoms with Gasteiger partial charge in [0, 0.05) is 12.7 Å². The molecule has 14 heavy (non-hydrogen) atoms. The molecule has 5 heteroatoms. The van der Waals surface area contributed by atoms with Crippen LogP contribution in [0.15, 0.2) is 18.6 Å². The zero-order chi connectivity index (χ0) is 9.97. The second-order valence-electron chi connectivity index (χ2n) is 3.18. The van der Waals surface area contributed by atoms with Crippen LogP contribution in [0.2, 0.25) is 0 Å². The van der Waals surface area contributed by atoms with Gasteiger partial charge in [0.25, 0.3) is 0 Å². The minimum atomic E-state index is -0.869. The highest BCUT2D eigenvalue weighted by molar-refractivity contribution is 5.72. The van der Waals surface area contributed by atoms with Crippen molar-refractivity contribution >= 4 is 11.7 Å². The Hall–Kier alpha value is -1.78. The predicted molar refractivity (Wildman–Crippen MR) is 50.8 cm³/mol. The summed E-state index contributed by atoms with van der Waals surface area (Å²) in [4.78, 5) is 19.1. The third-order valence-corrected chi connectivity index (χ3v) is 2.25. The second kappa shape index (κ2) is 3.53. The van der Waals surface area contributed by atoms with E-state index in [1.165, 1.54) is 4.90 Å². The molecule has 1 aromatic rings. The molecule has 1 amide bonds. The predicted octanol–water partition coefficient (Wildman–Crippen LogP) is 1.18. The van der Waals surface area contributed by atoms with E-state index in [2.05, 4.69) is 9.97 Å². The van der Waals surface area contributed by atoms with Crippen LogP contribution in [0.25, 0.3) is 5.57 Å². The number of aromatic nitrogens is 2. The van der Waals surface area contributed by atoms with Crippen molar-refractivity contribution in [1.29, 1.82) is 0 Å². The Morgan fingerprint density at radius 3 is 3.14 bits per heavy atom. The zero-order valence-electron chi connectivity index (χ0n) is 7.60. The van der Waals surface area contributed by atoms with Crippen LogP contribution in [0.5, 0.6) is 0 Å². The van der Waals surface area contributed by atoms with Crippen LogP contribution in [0.4, 0.5) is 4.79 Å². The molecule has 0 fully saturated rings. The van der Waals surface area contributed by atoms with Crippen molar-refractivity contribution in [2.45, 2.75) is 6.42 Å². The summed E-state index contributed by atoms with van der Waals surface area (Å²) in [6.45, 7) is 1.00.